The normalized spacial score (nSPS) is 13.4. The minimum absolute atomic E-state index is 0.0665. The number of hydrogen-bond acceptors (Lipinski definition) is 6. The third-order valence-corrected chi connectivity index (χ3v) is 6.42. The zero-order valence-electron chi connectivity index (χ0n) is 19.9. The summed E-state index contributed by atoms with van der Waals surface area (Å²) in [6.07, 6.45) is 0. The standard InChI is InChI=1S/C31H19NO6/c33-26-23-17-9-10-18-24(23)37-27(20-13-5-2-6-14-20)28(26)38-31(36)25(19-11-3-1-4-12-19)32-29(34)21-15-7-8-16-22(21)30(32)35/h1-18,25H. The number of carbonyl (C=O) groups is 3. The van der Waals surface area contributed by atoms with Crippen LogP contribution in [0.15, 0.2) is 118 Å². The Morgan fingerprint density at radius 3 is 1.89 bits per heavy atom. The molecule has 38 heavy (non-hydrogen) atoms. The molecule has 1 aromatic heterocycles. The van der Waals surface area contributed by atoms with Gasteiger partial charge in [0.1, 0.15) is 5.58 Å². The van der Waals surface area contributed by atoms with Crippen LogP contribution in [0.4, 0.5) is 0 Å². The molecule has 1 unspecified atom stereocenters. The molecular weight excluding hydrogens is 482 g/mol. The van der Waals surface area contributed by atoms with E-state index in [2.05, 4.69) is 0 Å². The van der Waals surface area contributed by atoms with E-state index in [1.807, 2.05) is 6.07 Å². The highest BCUT2D eigenvalue weighted by atomic mass is 16.5. The average molecular weight is 501 g/mol. The van der Waals surface area contributed by atoms with Crippen molar-refractivity contribution >= 4 is 28.8 Å². The van der Waals surface area contributed by atoms with E-state index >= 15 is 0 Å². The molecular formula is C31H19NO6. The van der Waals surface area contributed by atoms with E-state index in [1.54, 1.807) is 91.0 Å². The van der Waals surface area contributed by atoms with E-state index in [0.717, 1.165) is 4.90 Å². The highest BCUT2D eigenvalue weighted by Crippen LogP contribution is 2.35. The Hall–Kier alpha value is -5.30. The minimum atomic E-state index is -1.43. The first-order chi connectivity index (χ1) is 18.5. The topological polar surface area (TPSA) is 93.9 Å². The largest absolute Gasteiger partial charge is 0.452 e. The van der Waals surface area contributed by atoms with E-state index in [1.165, 1.54) is 12.1 Å². The number of hydrogen-bond donors (Lipinski definition) is 0. The van der Waals surface area contributed by atoms with Crippen LogP contribution in [0.5, 0.6) is 5.75 Å². The third-order valence-electron chi connectivity index (χ3n) is 6.42. The van der Waals surface area contributed by atoms with Crippen LogP contribution in [-0.4, -0.2) is 22.7 Å². The summed E-state index contributed by atoms with van der Waals surface area (Å²) in [6, 6.07) is 28.7. The van der Waals surface area contributed by atoms with Gasteiger partial charge in [-0.25, -0.2) is 4.79 Å². The van der Waals surface area contributed by atoms with Gasteiger partial charge in [0.15, 0.2) is 11.8 Å². The molecule has 5 aromatic rings. The van der Waals surface area contributed by atoms with Crippen LogP contribution in [0.1, 0.15) is 32.3 Å². The minimum Gasteiger partial charge on any atom is -0.452 e. The summed E-state index contributed by atoms with van der Waals surface area (Å²) in [4.78, 5) is 55.0. The van der Waals surface area contributed by atoms with Gasteiger partial charge in [-0.2, -0.15) is 0 Å². The van der Waals surface area contributed by atoms with Crippen molar-refractivity contribution in [3.8, 4) is 17.1 Å². The lowest BCUT2D eigenvalue weighted by Gasteiger charge is -2.25. The predicted molar refractivity (Wildman–Crippen MR) is 140 cm³/mol. The van der Waals surface area contributed by atoms with Gasteiger partial charge in [-0.3, -0.25) is 19.3 Å². The maximum Gasteiger partial charge on any atom is 0.339 e. The summed E-state index contributed by atoms with van der Waals surface area (Å²) >= 11 is 0. The van der Waals surface area contributed by atoms with Gasteiger partial charge in [-0.05, 0) is 29.8 Å². The summed E-state index contributed by atoms with van der Waals surface area (Å²) in [5.74, 6) is -2.46. The van der Waals surface area contributed by atoms with Crippen LogP contribution in [-0.2, 0) is 4.79 Å². The highest BCUT2D eigenvalue weighted by molar-refractivity contribution is 6.22. The fourth-order valence-corrected chi connectivity index (χ4v) is 4.62. The van der Waals surface area contributed by atoms with Crippen LogP contribution in [0, 0.1) is 0 Å². The number of esters is 1. The number of carbonyl (C=O) groups excluding carboxylic acids is 3. The SMILES string of the molecule is O=C(Oc1c(-c2ccccc2)oc2ccccc2c1=O)C(c1ccccc1)N1C(=O)c2ccccc2C1=O. The van der Waals surface area contributed by atoms with Crippen molar-refractivity contribution in [3.63, 3.8) is 0 Å². The summed E-state index contributed by atoms with van der Waals surface area (Å²) < 4.78 is 11.8. The molecule has 0 N–H and O–H groups in total. The molecule has 1 aliphatic rings. The Morgan fingerprint density at radius 1 is 0.684 bits per heavy atom. The fraction of sp³-hybridized carbons (Fsp3) is 0.0323. The molecule has 0 aliphatic carbocycles. The molecule has 0 bridgehead atoms. The molecule has 2 amide bonds. The number of ether oxygens (including phenoxy) is 1. The third kappa shape index (κ3) is 3.77. The van der Waals surface area contributed by atoms with Gasteiger partial charge in [-0.15, -0.1) is 0 Å². The maximum atomic E-state index is 13.9. The number of nitrogens with zero attached hydrogens (tertiary/aromatic N) is 1. The lowest BCUT2D eigenvalue weighted by Crippen LogP contribution is -2.40. The molecule has 184 valence electrons. The molecule has 0 radical (unpaired) electrons. The zero-order valence-corrected chi connectivity index (χ0v) is 19.9. The molecule has 1 aliphatic heterocycles. The van der Waals surface area contributed by atoms with Crippen molar-refractivity contribution in [1.29, 1.82) is 0 Å². The summed E-state index contributed by atoms with van der Waals surface area (Å²) in [5, 5.41) is 0.229. The van der Waals surface area contributed by atoms with Crippen LogP contribution in [0.25, 0.3) is 22.3 Å². The van der Waals surface area contributed by atoms with Crippen molar-refractivity contribution in [2.24, 2.45) is 0 Å². The monoisotopic (exact) mass is 501 g/mol. The second-order valence-electron chi connectivity index (χ2n) is 8.71. The molecule has 1 atom stereocenters. The van der Waals surface area contributed by atoms with Gasteiger partial charge in [0.25, 0.3) is 11.8 Å². The van der Waals surface area contributed by atoms with E-state index in [-0.39, 0.29) is 28.0 Å². The van der Waals surface area contributed by atoms with Crippen LogP contribution < -0.4 is 10.2 Å². The van der Waals surface area contributed by atoms with Crippen molar-refractivity contribution in [3.05, 3.63) is 136 Å². The first-order valence-corrected chi connectivity index (χ1v) is 11.9. The molecule has 0 spiro atoms. The molecule has 0 fully saturated rings. The molecule has 4 aromatic carbocycles. The van der Waals surface area contributed by atoms with Crippen LogP contribution in [0.3, 0.4) is 0 Å². The number of rotatable bonds is 5. The summed E-state index contributed by atoms with van der Waals surface area (Å²) in [6.45, 7) is 0. The zero-order chi connectivity index (χ0) is 26.2. The molecule has 7 heteroatoms. The molecule has 0 saturated carbocycles. The highest BCUT2D eigenvalue weighted by Gasteiger charge is 2.44. The van der Waals surface area contributed by atoms with Crippen LogP contribution >= 0.6 is 0 Å². The van der Waals surface area contributed by atoms with Crippen molar-refractivity contribution in [2.75, 3.05) is 0 Å². The number of para-hydroxylation sites is 1. The Bertz CT molecular complexity index is 1740. The van der Waals surface area contributed by atoms with Gasteiger partial charge in [0.05, 0.1) is 16.5 Å². The summed E-state index contributed by atoms with van der Waals surface area (Å²) in [5.41, 5.74) is 1.06. The first kappa shape index (κ1) is 23.1. The Labute approximate surface area is 216 Å². The van der Waals surface area contributed by atoms with Gasteiger partial charge in [0, 0.05) is 5.56 Å². The molecule has 0 saturated heterocycles. The van der Waals surface area contributed by atoms with Crippen molar-refractivity contribution in [1.82, 2.24) is 4.90 Å². The van der Waals surface area contributed by atoms with Gasteiger partial charge >= 0.3 is 5.97 Å². The lowest BCUT2D eigenvalue weighted by molar-refractivity contribution is -0.139. The summed E-state index contributed by atoms with van der Waals surface area (Å²) in [7, 11) is 0. The first-order valence-electron chi connectivity index (χ1n) is 11.9. The molecule has 6 rings (SSSR count). The van der Waals surface area contributed by atoms with E-state index in [4.69, 9.17) is 9.15 Å². The second-order valence-corrected chi connectivity index (χ2v) is 8.71. The second kappa shape index (κ2) is 9.29. The van der Waals surface area contributed by atoms with Crippen LogP contribution in [0.2, 0.25) is 0 Å². The van der Waals surface area contributed by atoms with Crippen molar-refractivity contribution in [2.45, 2.75) is 6.04 Å². The van der Waals surface area contributed by atoms with E-state index in [0.29, 0.717) is 16.7 Å². The van der Waals surface area contributed by atoms with E-state index < -0.39 is 29.3 Å². The average Bonchev–Trinajstić information content (AvgIpc) is 3.21. The number of benzene rings is 4. The Kier molecular flexibility index (Phi) is 5.65. The van der Waals surface area contributed by atoms with Gasteiger partial charge in [0.2, 0.25) is 11.2 Å². The smallest absolute Gasteiger partial charge is 0.339 e. The van der Waals surface area contributed by atoms with Crippen molar-refractivity contribution < 1.29 is 23.5 Å². The number of imide groups is 1. The number of amides is 2. The lowest BCUT2D eigenvalue weighted by atomic mass is 10.1. The van der Waals surface area contributed by atoms with Gasteiger partial charge in [-0.1, -0.05) is 84.9 Å². The molecule has 2 heterocycles. The number of fused-ring (bicyclic) bond motifs is 2. The molecule has 7 nitrogen and oxygen atoms in total. The fourth-order valence-electron chi connectivity index (χ4n) is 4.62. The Balaban J connectivity index is 1.49. The van der Waals surface area contributed by atoms with Gasteiger partial charge < -0.3 is 9.15 Å². The van der Waals surface area contributed by atoms with E-state index in [9.17, 15) is 19.2 Å². The maximum absolute atomic E-state index is 13.9. The quantitative estimate of drug-likeness (QED) is 0.236. The predicted octanol–water partition coefficient (Wildman–Crippen LogP) is 5.40. The Morgan fingerprint density at radius 2 is 1.24 bits per heavy atom.